The van der Waals surface area contributed by atoms with E-state index in [0.717, 1.165) is 10.6 Å². The minimum absolute atomic E-state index is 0.0528. The smallest absolute Gasteiger partial charge is 0.244 e. The van der Waals surface area contributed by atoms with Gasteiger partial charge in [0, 0.05) is 6.54 Å². The molecule has 1 aromatic carbocycles. The maximum atomic E-state index is 12.6. The molecule has 0 bridgehead atoms. The van der Waals surface area contributed by atoms with Crippen LogP contribution in [-0.4, -0.2) is 36.0 Å². The van der Waals surface area contributed by atoms with Gasteiger partial charge in [-0.3, -0.25) is 0 Å². The molecule has 0 saturated carbocycles. The molecule has 126 valence electrons. The summed E-state index contributed by atoms with van der Waals surface area (Å²) in [5.74, 6) is 0. The van der Waals surface area contributed by atoms with Gasteiger partial charge in [0.2, 0.25) is 10.0 Å². The number of aliphatic hydroxyl groups is 1. The van der Waals surface area contributed by atoms with Crippen LogP contribution >= 0.6 is 11.3 Å². The Morgan fingerprint density at radius 2 is 2.00 bits per heavy atom. The Kier molecular flexibility index (Phi) is 4.81. The van der Waals surface area contributed by atoms with Crippen LogP contribution in [0.15, 0.2) is 58.9 Å². The summed E-state index contributed by atoms with van der Waals surface area (Å²) in [5, 5.41) is 15.7. The van der Waals surface area contributed by atoms with Crippen molar-refractivity contribution < 1.29 is 13.5 Å². The summed E-state index contributed by atoms with van der Waals surface area (Å²) in [6.07, 6.45) is 0.725. The zero-order valence-electron chi connectivity index (χ0n) is 13.0. The van der Waals surface area contributed by atoms with Crippen molar-refractivity contribution in [1.82, 2.24) is 14.5 Å². The molecular weight excluding hydrogens is 346 g/mol. The average Bonchev–Trinajstić information content (AvgIpc) is 3.23. The number of hydrogen-bond acceptors (Lipinski definition) is 5. The number of nitrogens with zero attached hydrogens (tertiary/aromatic N) is 2. The summed E-state index contributed by atoms with van der Waals surface area (Å²) in [6.45, 7) is 1.47. The van der Waals surface area contributed by atoms with Crippen molar-refractivity contribution in [2.45, 2.75) is 17.9 Å². The van der Waals surface area contributed by atoms with Gasteiger partial charge in [0.05, 0.1) is 22.9 Å². The predicted molar refractivity (Wildman–Crippen MR) is 93.7 cm³/mol. The van der Waals surface area contributed by atoms with Crippen LogP contribution in [0, 0.1) is 0 Å². The van der Waals surface area contributed by atoms with Crippen molar-refractivity contribution in [2.24, 2.45) is 0 Å². The van der Waals surface area contributed by atoms with Crippen molar-refractivity contribution in [3.8, 4) is 16.3 Å². The quantitative estimate of drug-likeness (QED) is 0.704. The van der Waals surface area contributed by atoms with Crippen LogP contribution < -0.4 is 4.72 Å². The number of benzene rings is 1. The Hall–Kier alpha value is -2.00. The van der Waals surface area contributed by atoms with Gasteiger partial charge in [-0.05, 0) is 30.5 Å². The summed E-state index contributed by atoms with van der Waals surface area (Å²) in [7, 11) is -3.79. The summed E-state index contributed by atoms with van der Waals surface area (Å²) >= 11 is 1.42. The van der Waals surface area contributed by atoms with Crippen LogP contribution in [0.2, 0.25) is 0 Å². The van der Waals surface area contributed by atoms with E-state index in [0.29, 0.717) is 5.69 Å². The van der Waals surface area contributed by atoms with E-state index in [4.69, 9.17) is 0 Å². The zero-order valence-corrected chi connectivity index (χ0v) is 14.6. The Morgan fingerprint density at radius 1 is 1.25 bits per heavy atom. The molecule has 0 aliphatic rings. The Balaban J connectivity index is 2.09. The predicted octanol–water partition coefficient (Wildman–Crippen LogP) is 2.26. The van der Waals surface area contributed by atoms with Gasteiger partial charge >= 0.3 is 0 Å². The molecule has 0 aliphatic carbocycles. The van der Waals surface area contributed by atoms with Gasteiger partial charge in [0.1, 0.15) is 10.6 Å². The molecule has 0 aliphatic heterocycles. The van der Waals surface area contributed by atoms with E-state index in [1.807, 2.05) is 47.8 Å². The van der Waals surface area contributed by atoms with E-state index >= 15 is 0 Å². The molecule has 3 aromatic rings. The normalized spacial score (nSPS) is 13.1. The van der Waals surface area contributed by atoms with Gasteiger partial charge in [-0.15, -0.1) is 11.3 Å². The van der Waals surface area contributed by atoms with Gasteiger partial charge < -0.3 is 5.11 Å². The highest BCUT2D eigenvalue weighted by atomic mass is 32.2. The molecule has 0 radical (unpaired) electrons. The van der Waals surface area contributed by atoms with E-state index in [-0.39, 0.29) is 11.4 Å². The van der Waals surface area contributed by atoms with Crippen molar-refractivity contribution in [3.05, 3.63) is 54.0 Å². The highest BCUT2D eigenvalue weighted by molar-refractivity contribution is 7.89. The van der Waals surface area contributed by atoms with E-state index < -0.39 is 16.1 Å². The second-order valence-electron chi connectivity index (χ2n) is 5.30. The molecule has 0 amide bonds. The molecule has 0 fully saturated rings. The highest BCUT2D eigenvalue weighted by Crippen LogP contribution is 2.30. The number of rotatable bonds is 6. The molecule has 0 saturated heterocycles. The zero-order chi connectivity index (χ0) is 17.2. The summed E-state index contributed by atoms with van der Waals surface area (Å²) in [6, 6.07) is 13.0. The molecule has 8 heteroatoms. The van der Waals surface area contributed by atoms with Crippen LogP contribution in [-0.2, 0) is 10.0 Å². The van der Waals surface area contributed by atoms with Crippen molar-refractivity contribution in [3.63, 3.8) is 0 Å². The Labute approximate surface area is 144 Å². The maximum absolute atomic E-state index is 12.6. The fraction of sp³-hybridized carbons (Fsp3) is 0.188. The van der Waals surface area contributed by atoms with E-state index in [1.54, 1.807) is 4.68 Å². The van der Waals surface area contributed by atoms with Gasteiger partial charge in [-0.25, -0.2) is 17.8 Å². The lowest BCUT2D eigenvalue weighted by Crippen LogP contribution is -2.30. The lowest BCUT2D eigenvalue weighted by atomic mass is 10.3. The molecule has 1 unspecified atom stereocenters. The number of thiophene rings is 1. The van der Waals surface area contributed by atoms with E-state index in [9.17, 15) is 13.5 Å². The second kappa shape index (κ2) is 6.86. The standard InChI is InChI=1S/C16H17N3O3S2/c1-12(20)10-17-24(21,22)15-11-19(13-6-3-2-4-7-13)18-16(15)14-8-5-9-23-14/h2-9,11-12,17,20H,10H2,1H3. The molecule has 1 atom stereocenters. The Morgan fingerprint density at radius 3 is 2.62 bits per heavy atom. The highest BCUT2D eigenvalue weighted by Gasteiger charge is 2.24. The third-order valence-electron chi connectivity index (χ3n) is 3.31. The molecular formula is C16H17N3O3S2. The molecule has 3 rings (SSSR count). The summed E-state index contributed by atoms with van der Waals surface area (Å²) in [5.41, 5.74) is 1.17. The van der Waals surface area contributed by atoms with Gasteiger partial charge in [-0.2, -0.15) is 5.10 Å². The monoisotopic (exact) mass is 363 g/mol. The largest absolute Gasteiger partial charge is 0.392 e. The third kappa shape index (κ3) is 3.57. The number of hydrogen-bond donors (Lipinski definition) is 2. The minimum atomic E-state index is -3.79. The van der Waals surface area contributed by atoms with Gasteiger partial charge in [-0.1, -0.05) is 24.3 Å². The first-order chi connectivity index (χ1) is 11.5. The number of nitrogens with one attached hydrogen (secondary N) is 1. The van der Waals surface area contributed by atoms with Crippen LogP contribution in [0.3, 0.4) is 0 Å². The molecule has 2 heterocycles. The fourth-order valence-electron chi connectivity index (χ4n) is 2.16. The third-order valence-corrected chi connectivity index (χ3v) is 5.62. The summed E-state index contributed by atoms with van der Waals surface area (Å²) < 4.78 is 29.2. The molecule has 6 nitrogen and oxygen atoms in total. The molecule has 0 spiro atoms. The van der Waals surface area contributed by atoms with Crippen molar-refractivity contribution in [2.75, 3.05) is 6.54 Å². The van der Waals surface area contributed by atoms with Crippen LogP contribution in [0.1, 0.15) is 6.92 Å². The average molecular weight is 363 g/mol. The number of aromatic nitrogens is 2. The second-order valence-corrected chi connectivity index (χ2v) is 7.98. The SMILES string of the molecule is CC(O)CNS(=O)(=O)c1cn(-c2ccccc2)nc1-c1cccs1. The summed E-state index contributed by atoms with van der Waals surface area (Å²) in [4.78, 5) is 0.858. The number of sulfonamides is 1. The first kappa shape index (κ1) is 16.8. The van der Waals surface area contributed by atoms with Crippen molar-refractivity contribution >= 4 is 21.4 Å². The topological polar surface area (TPSA) is 84.2 Å². The molecule has 2 aromatic heterocycles. The van der Waals surface area contributed by atoms with E-state index in [1.165, 1.54) is 24.5 Å². The van der Waals surface area contributed by atoms with Gasteiger partial charge in [0.15, 0.2) is 0 Å². The first-order valence-electron chi connectivity index (χ1n) is 7.34. The van der Waals surface area contributed by atoms with Crippen LogP contribution in [0.4, 0.5) is 0 Å². The first-order valence-corrected chi connectivity index (χ1v) is 9.70. The molecule has 24 heavy (non-hydrogen) atoms. The number of aliphatic hydroxyl groups excluding tert-OH is 1. The minimum Gasteiger partial charge on any atom is -0.392 e. The maximum Gasteiger partial charge on any atom is 0.244 e. The van der Waals surface area contributed by atoms with Crippen molar-refractivity contribution in [1.29, 1.82) is 0 Å². The van der Waals surface area contributed by atoms with E-state index in [2.05, 4.69) is 9.82 Å². The number of para-hydroxylation sites is 1. The van der Waals surface area contributed by atoms with Crippen LogP contribution in [0.25, 0.3) is 16.3 Å². The lowest BCUT2D eigenvalue weighted by molar-refractivity contribution is 0.198. The molecule has 2 N–H and O–H groups in total. The lowest BCUT2D eigenvalue weighted by Gasteiger charge is -2.07. The van der Waals surface area contributed by atoms with Gasteiger partial charge in [0.25, 0.3) is 0 Å². The Bertz CT molecular complexity index is 901. The van der Waals surface area contributed by atoms with Crippen LogP contribution in [0.5, 0.6) is 0 Å². The fourth-order valence-corrected chi connectivity index (χ4v) is 4.21.